The summed E-state index contributed by atoms with van der Waals surface area (Å²) in [6.45, 7) is 4.28. The lowest BCUT2D eigenvalue weighted by molar-refractivity contribution is -0.137. The Morgan fingerprint density at radius 2 is 2.26 bits per heavy atom. The number of Topliss-reactive ketones (excluding diaryl/α,β-unsaturated/α-hetero) is 1. The molecule has 19 heavy (non-hydrogen) atoms. The van der Waals surface area contributed by atoms with Gasteiger partial charge >= 0.3 is 5.97 Å². The monoisotopic (exact) mass is 263 g/mol. The number of carboxylic acid groups (broad SMARTS) is 1. The first kappa shape index (κ1) is 13.4. The normalized spacial score (nSPS) is 18.7. The first-order chi connectivity index (χ1) is 8.97. The van der Waals surface area contributed by atoms with E-state index >= 15 is 0 Å². The highest BCUT2D eigenvalue weighted by Crippen LogP contribution is 2.30. The fourth-order valence-corrected chi connectivity index (χ4v) is 2.08. The van der Waals surface area contributed by atoms with Gasteiger partial charge in [0.25, 0.3) is 0 Å². The summed E-state index contributed by atoms with van der Waals surface area (Å²) >= 11 is 0. The average Bonchev–Trinajstić information content (AvgIpc) is 2.36. The van der Waals surface area contributed by atoms with Crippen LogP contribution < -0.4 is 10.1 Å². The largest absolute Gasteiger partial charge is 0.487 e. The van der Waals surface area contributed by atoms with Gasteiger partial charge in [0.1, 0.15) is 11.9 Å². The topological polar surface area (TPSA) is 75.6 Å². The zero-order valence-corrected chi connectivity index (χ0v) is 11.0. The quantitative estimate of drug-likeness (QED) is 0.814. The maximum absolute atomic E-state index is 12.1. The second kappa shape index (κ2) is 5.30. The zero-order chi connectivity index (χ0) is 14.0. The Kier molecular flexibility index (Phi) is 3.74. The van der Waals surface area contributed by atoms with Gasteiger partial charge < -0.3 is 15.2 Å². The molecule has 0 aromatic heterocycles. The molecule has 0 radical (unpaired) electrons. The second-order valence-electron chi connectivity index (χ2n) is 4.88. The number of nitrogens with one attached hydrogen (secondary N) is 1. The van der Waals surface area contributed by atoms with Crippen LogP contribution in [0.4, 0.5) is 5.69 Å². The molecular weight excluding hydrogens is 246 g/mol. The number of carboxylic acids is 1. The minimum atomic E-state index is -0.964. The number of hydrogen-bond donors (Lipinski definition) is 2. The Morgan fingerprint density at radius 3 is 2.95 bits per heavy atom. The number of benzene rings is 1. The van der Waals surface area contributed by atoms with E-state index in [1.165, 1.54) is 0 Å². The van der Waals surface area contributed by atoms with Gasteiger partial charge in [0.2, 0.25) is 0 Å². The summed E-state index contributed by atoms with van der Waals surface area (Å²) in [5, 5.41) is 11.9. The minimum absolute atomic E-state index is 0.0972. The summed E-state index contributed by atoms with van der Waals surface area (Å²) in [5.74, 6) is -0.931. The summed E-state index contributed by atoms with van der Waals surface area (Å²) in [6.07, 6.45) is -0.0587. The number of ketones is 1. The molecule has 0 saturated heterocycles. The third-order valence-corrected chi connectivity index (χ3v) is 3.10. The summed E-state index contributed by atoms with van der Waals surface area (Å²) < 4.78 is 5.62. The van der Waals surface area contributed by atoms with Crippen molar-refractivity contribution in [2.45, 2.75) is 26.4 Å². The smallest absolute Gasteiger partial charge is 0.304 e. The van der Waals surface area contributed by atoms with Crippen LogP contribution in [0.5, 0.6) is 5.75 Å². The molecular formula is C14H17NO4. The van der Waals surface area contributed by atoms with Gasteiger partial charge in [-0.2, -0.15) is 0 Å². The third kappa shape index (κ3) is 3.05. The van der Waals surface area contributed by atoms with Crippen molar-refractivity contribution in [2.24, 2.45) is 5.92 Å². The van der Waals surface area contributed by atoms with Gasteiger partial charge in [0.15, 0.2) is 5.78 Å². The van der Waals surface area contributed by atoms with Crippen molar-refractivity contribution < 1.29 is 19.4 Å². The number of ether oxygens (including phenoxy) is 1. The van der Waals surface area contributed by atoms with E-state index in [4.69, 9.17) is 9.84 Å². The zero-order valence-electron chi connectivity index (χ0n) is 11.0. The summed E-state index contributed by atoms with van der Waals surface area (Å²) in [7, 11) is 0. The first-order valence-corrected chi connectivity index (χ1v) is 6.28. The predicted molar refractivity (Wildman–Crippen MR) is 70.8 cm³/mol. The van der Waals surface area contributed by atoms with Crippen molar-refractivity contribution in [1.29, 1.82) is 0 Å². The molecule has 1 aromatic rings. The van der Waals surface area contributed by atoms with Gasteiger partial charge in [-0.25, -0.2) is 0 Å². The van der Waals surface area contributed by atoms with E-state index in [2.05, 4.69) is 5.32 Å². The van der Waals surface area contributed by atoms with Gasteiger partial charge in [-0.3, -0.25) is 9.59 Å². The highest BCUT2D eigenvalue weighted by atomic mass is 16.5. The Morgan fingerprint density at radius 1 is 1.53 bits per heavy atom. The minimum Gasteiger partial charge on any atom is -0.487 e. The Hall–Kier alpha value is -2.04. The van der Waals surface area contributed by atoms with Crippen LogP contribution in [-0.4, -0.2) is 29.5 Å². The van der Waals surface area contributed by atoms with Crippen LogP contribution >= 0.6 is 0 Å². The van der Waals surface area contributed by atoms with Crippen molar-refractivity contribution >= 4 is 17.4 Å². The molecule has 2 N–H and O–H groups in total. The number of rotatable bonds is 4. The SMILES string of the molecule is CC1CNc2cc(C(=O)C(C)CC(=O)O)ccc2O1. The second-order valence-corrected chi connectivity index (χ2v) is 4.88. The molecule has 0 aliphatic carbocycles. The van der Waals surface area contributed by atoms with Crippen LogP contribution in [0, 0.1) is 5.92 Å². The molecule has 0 spiro atoms. The maximum atomic E-state index is 12.1. The van der Waals surface area contributed by atoms with E-state index in [-0.39, 0.29) is 18.3 Å². The third-order valence-electron chi connectivity index (χ3n) is 3.10. The molecule has 102 valence electrons. The van der Waals surface area contributed by atoms with Gasteiger partial charge in [0.05, 0.1) is 18.7 Å². The molecule has 1 aromatic carbocycles. The molecule has 0 bridgehead atoms. The molecule has 1 aliphatic heterocycles. The Balaban J connectivity index is 2.18. The summed E-state index contributed by atoms with van der Waals surface area (Å²) in [6, 6.07) is 5.15. The van der Waals surface area contributed by atoms with Gasteiger partial charge in [-0.1, -0.05) is 6.92 Å². The molecule has 0 saturated carbocycles. The van der Waals surface area contributed by atoms with Gasteiger partial charge in [-0.05, 0) is 25.1 Å². The number of carbonyl (C=O) groups is 2. The molecule has 2 rings (SSSR count). The molecule has 1 aliphatic rings. The van der Waals surface area contributed by atoms with E-state index in [0.717, 1.165) is 11.4 Å². The molecule has 5 nitrogen and oxygen atoms in total. The fraction of sp³-hybridized carbons (Fsp3) is 0.429. The molecule has 5 heteroatoms. The van der Waals surface area contributed by atoms with E-state index in [0.29, 0.717) is 12.1 Å². The van der Waals surface area contributed by atoms with E-state index in [9.17, 15) is 9.59 Å². The van der Waals surface area contributed by atoms with Crippen LogP contribution in [0.25, 0.3) is 0 Å². The number of carbonyl (C=O) groups excluding carboxylic acids is 1. The summed E-state index contributed by atoms with van der Waals surface area (Å²) in [4.78, 5) is 22.7. The Labute approximate surface area is 111 Å². The van der Waals surface area contributed by atoms with Crippen LogP contribution in [0.1, 0.15) is 30.6 Å². The predicted octanol–water partition coefficient (Wildman–Crippen LogP) is 2.17. The molecule has 0 amide bonds. The van der Waals surface area contributed by atoms with Crippen LogP contribution in [0.2, 0.25) is 0 Å². The lowest BCUT2D eigenvalue weighted by Gasteiger charge is -2.25. The average molecular weight is 263 g/mol. The van der Waals surface area contributed by atoms with Crippen molar-refractivity contribution in [3.05, 3.63) is 23.8 Å². The van der Waals surface area contributed by atoms with Crippen molar-refractivity contribution in [2.75, 3.05) is 11.9 Å². The van der Waals surface area contributed by atoms with E-state index in [1.54, 1.807) is 25.1 Å². The Bertz CT molecular complexity index is 512. The summed E-state index contributed by atoms with van der Waals surface area (Å²) in [5.41, 5.74) is 1.30. The number of hydrogen-bond acceptors (Lipinski definition) is 4. The molecule has 0 fully saturated rings. The molecule has 1 heterocycles. The van der Waals surface area contributed by atoms with Crippen molar-refractivity contribution in [1.82, 2.24) is 0 Å². The lowest BCUT2D eigenvalue weighted by Crippen LogP contribution is -2.28. The van der Waals surface area contributed by atoms with Crippen molar-refractivity contribution in [3.8, 4) is 5.75 Å². The number of fused-ring (bicyclic) bond motifs is 1. The number of anilines is 1. The standard InChI is InChI=1S/C14H17NO4/c1-8(5-13(16)17)14(18)10-3-4-12-11(6-10)15-7-9(2)19-12/h3-4,6,8-9,15H,5,7H2,1-2H3,(H,16,17). The van der Waals surface area contributed by atoms with E-state index < -0.39 is 11.9 Å². The highest BCUT2D eigenvalue weighted by Gasteiger charge is 2.21. The molecule has 2 atom stereocenters. The van der Waals surface area contributed by atoms with Crippen LogP contribution in [0.3, 0.4) is 0 Å². The first-order valence-electron chi connectivity index (χ1n) is 6.28. The molecule has 2 unspecified atom stereocenters. The number of aliphatic carboxylic acids is 1. The lowest BCUT2D eigenvalue weighted by atomic mass is 9.96. The van der Waals surface area contributed by atoms with Gasteiger partial charge in [-0.15, -0.1) is 0 Å². The fourth-order valence-electron chi connectivity index (χ4n) is 2.08. The highest BCUT2D eigenvalue weighted by molar-refractivity contribution is 6.00. The van der Waals surface area contributed by atoms with E-state index in [1.807, 2.05) is 6.92 Å². The maximum Gasteiger partial charge on any atom is 0.304 e. The van der Waals surface area contributed by atoms with Crippen LogP contribution in [-0.2, 0) is 4.79 Å². The van der Waals surface area contributed by atoms with Gasteiger partial charge in [0, 0.05) is 11.5 Å². The van der Waals surface area contributed by atoms with Crippen molar-refractivity contribution in [3.63, 3.8) is 0 Å². The van der Waals surface area contributed by atoms with Crippen LogP contribution in [0.15, 0.2) is 18.2 Å².